The molecule has 0 bridgehead atoms. The van der Waals surface area contributed by atoms with Gasteiger partial charge in [0.1, 0.15) is 0 Å². The number of nitrogens with one attached hydrogen (secondary N) is 2. The van der Waals surface area contributed by atoms with Gasteiger partial charge in [-0.1, -0.05) is 23.9 Å². The smallest absolute Gasteiger partial charge is 0.250 e. The summed E-state index contributed by atoms with van der Waals surface area (Å²) in [6.07, 6.45) is 0. The molecule has 0 radical (unpaired) electrons. The molecular weight excluding hydrogens is 314 g/mol. The standard InChI is InChI=1S/C16H21N3O3S/c1-16(14(20)17-6-7-19-8-10-22-11-9-19)15(21)18-12-4-2-3-5-13(12)23-16/h2-5H,6-11H2,1H3,(H,17,20)(H,18,21). The van der Waals surface area contributed by atoms with Crippen molar-refractivity contribution < 1.29 is 14.3 Å². The number of para-hydroxylation sites is 1. The molecule has 7 heteroatoms. The van der Waals surface area contributed by atoms with E-state index in [-0.39, 0.29) is 11.8 Å². The van der Waals surface area contributed by atoms with Crippen LogP contribution in [0.1, 0.15) is 6.92 Å². The first-order chi connectivity index (χ1) is 11.1. The van der Waals surface area contributed by atoms with Gasteiger partial charge in [-0.2, -0.15) is 0 Å². The van der Waals surface area contributed by atoms with Gasteiger partial charge in [-0.25, -0.2) is 0 Å². The number of carbonyl (C=O) groups excluding carboxylic acids is 2. The lowest BCUT2D eigenvalue weighted by atomic mass is 10.1. The van der Waals surface area contributed by atoms with Crippen molar-refractivity contribution >= 4 is 29.3 Å². The third-order valence-electron chi connectivity index (χ3n) is 4.13. The van der Waals surface area contributed by atoms with E-state index in [2.05, 4.69) is 15.5 Å². The summed E-state index contributed by atoms with van der Waals surface area (Å²) in [6, 6.07) is 7.53. The van der Waals surface area contributed by atoms with Gasteiger partial charge < -0.3 is 15.4 Å². The van der Waals surface area contributed by atoms with Crippen LogP contribution in [0.4, 0.5) is 5.69 Å². The van der Waals surface area contributed by atoms with Gasteiger partial charge in [-0.3, -0.25) is 14.5 Å². The van der Waals surface area contributed by atoms with Crippen LogP contribution in [0.3, 0.4) is 0 Å². The van der Waals surface area contributed by atoms with Crippen molar-refractivity contribution in [2.45, 2.75) is 16.6 Å². The maximum atomic E-state index is 12.5. The first-order valence-corrected chi connectivity index (χ1v) is 8.59. The van der Waals surface area contributed by atoms with Gasteiger partial charge in [0.05, 0.1) is 18.9 Å². The van der Waals surface area contributed by atoms with E-state index in [0.717, 1.165) is 43.4 Å². The minimum atomic E-state index is -1.14. The molecule has 1 atom stereocenters. The number of amides is 2. The quantitative estimate of drug-likeness (QED) is 0.802. The Labute approximate surface area is 139 Å². The number of anilines is 1. The van der Waals surface area contributed by atoms with Gasteiger partial charge in [-0.15, -0.1) is 0 Å². The minimum Gasteiger partial charge on any atom is -0.379 e. The van der Waals surface area contributed by atoms with Gasteiger partial charge in [0, 0.05) is 31.1 Å². The largest absolute Gasteiger partial charge is 0.379 e. The average molecular weight is 335 g/mol. The minimum absolute atomic E-state index is 0.247. The highest BCUT2D eigenvalue weighted by Gasteiger charge is 2.45. The fourth-order valence-electron chi connectivity index (χ4n) is 2.64. The lowest BCUT2D eigenvalue weighted by Gasteiger charge is -2.32. The molecule has 0 spiro atoms. The number of ether oxygens (including phenoxy) is 1. The van der Waals surface area contributed by atoms with E-state index in [1.54, 1.807) is 6.92 Å². The molecule has 124 valence electrons. The molecule has 2 heterocycles. The molecule has 2 aliphatic heterocycles. The Balaban J connectivity index is 1.58. The summed E-state index contributed by atoms with van der Waals surface area (Å²) in [6.45, 7) is 6.22. The van der Waals surface area contributed by atoms with Crippen molar-refractivity contribution in [1.29, 1.82) is 0 Å². The molecule has 0 saturated carbocycles. The Kier molecular flexibility index (Phi) is 4.89. The Morgan fingerprint density at radius 1 is 1.39 bits per heavy atom. The van der Waals surface area contributed by atoms with Crippen molar-refractivity contribution in [2.75, 3.05) is 44.7 Å². The maximum absolute atomic E-state index is 12.5. The summed E-state index contributed by atoms with van der Waals surface area (Å²) < 4.78 is 4.16. The third-order valence-corrected chi connectivity index (χ3v) is 5.49. The second kappa shape index (κ2) is 6.90. The number of fused-ring (bicyclic) bond motifs is 1. The van der Waals surface area contributed by atoms with Crippen molar-refractivity contribution in [2.24, 2.45) is 0 Å². The zero-order valence-electron chi connectivity index (χ0n) is 13.1. The monoisotopic (exact) mass is 335 g/mol. The summed E-state index contributed by atoms with van der Waals surface area (Å²) >= 11 is 1.30. The van der Waals surface area contributed by atoms with Crippen LogP contribution in [0.2, 0.25) is 0 Å². The van der Waals surface area contributed by atoms with Gasteiger partial charge in [0.15, 0.2) is 4.75 Å². The second-order valence-electron chi connectivity index (χ2n) is 5.80. The predicted molar refractivity (Wildman–Crippen MR) is 89.6 cm³/mol. The summed E-state index contributed by atoms with van der Waals surface area (Å²) in [5.74, 6) is -0.521. The zero-order chi connectivity index (χ0) is 16.3. The van der Waals surface area contributed by atoms with Crippen molar-refractivity contribution in [1.82, 2.24) is 10.2 Å². The SMILES string of the molecule is CC1(C(=O)NCCN2CCOCC2)Sc2ccccc2NC1=O. The highest BCUT2D eigenvalue weighted by atomic mass is 32.2. The predicted octanol–water partition coefficient (Wildman–Crippen LogP) is 0.938. The molecule has 1 aromatic carbocycles. The number of hydrogen-bond acceptors (Lipinski definition) is 5. The second-order valence-corrected chi connectivity index (χ2v) is 7.26. The lowest BCUT2D eigenvalue weighted by molar-refractivity contribution is -0.129. The van der Waals surface area contributed by atoms with E-state index in [0.29, 0.717) is 6.54 Å². The van der Waals surface area contributed by atoms with Crippen LogP contribution in [-0.2, 0) is 14.3 Å². The molecule has 2 aliphatic rings. The number of rotatable bonds is 4. The molecule has 3 rings (SSSR count). The highest BCUT2D eigenvalue weighted by Crippen LogP contribution is 2.42. The van der Waals surface area contributed by atoms with Crippen molar-refractivity contribution in [3.63, 3.8) is 0 Å². The Hall–Kier alpha value is -1.57. The van der Waals surface area contributed by atoms with Gasteiger partial charge in [-0.05, 0) is 19.1 Å². The topological polar surface area (TPSA) is 70.7 Å². The van der Waals surface area contributed by atoms with Gasteiger partial charge in [0.2, 0.25) is 11.8 Å². The molecule has 2 N–H and O–H groups in total. The molecular formula is C16H21N3O3S. The van der Waals surface area contributed by atoms with Crippen LogP contribution in [0, 0.1) is 0 Å². The van der Waals surface area contributed by atoms with Crippen LogP contribution < -0.4 is 10.6 Å². The molecule has 23 heavy (non-hydrogen) atoms. The van der Waals surface area contributed by atoms with E-state index in [9.17, 15) is 9.59 Å². The van der Waals surface area contributed by atoms with E-state index >= 15 is 0 Å². The normalized spacial score (nSPS) is 24.7. The molecule has 1 unspecified atom stereocenters. The van der Waals surface area contributed by atoms with Crippen LogP contribution in [-0.4, -0.2) is 60.9 Å². The summed E-state index contributed by atoms with van der Waals surface area (Å²) in [4.78, 5) is 28.1. The Bertz CT molecular complexity index is 604. The summed E-state index contributed by atoms with van der Waals surface area (Å²) in [5, 5.41) is 5.72. The number of morpholine rings is 1. The number of carbonyl (C=O) groups is 2. The summed E-state index contributed by atoms with van der Waals surface area (Å²) in [7, 11) is 0. The highest BCUT2D eigenvalue weighted by molar-refractivity contribution is 8.02. The maximum Gasteiger partial charge on any atom is 0.250 e. The first kappa shape index (κ1) is 16.3. The van der Waals surface area contributed by atoms with Crippen molar-refractivity contribution in [3.8, 4) is 0 Å². The van der Waals surface area contributed by atoms with Crippen LogP contribution >= 0.6 is 11.8 Å². The number of benzene rings is 1. The number of thioether (sulfide) groups is 1. The molecule has 1 saturated heterocycles. The van der Waals surface area contributed by atoms with Gasteiger partial charge in [0.25, 0.3) is 0 Å². The fraction of sp³-hybridized carbons (Fsp3) is 0.500. The van der Waals surface area contributed by atoms with E-state index in [1.165, 1.54) is 11.8 Å². The van der Waals surface area contributed by atoms with Crippen molar-refractivity contribution in [3.05, 3.63) is 24.3 Å². The number of hydrogen-bond donors (Lipinski definition) is 2. The van der Waals surface area contributed by atoms with Gasteiger partial charge >= 0.3 is 0 Å². The average Bonchev–Trinajstić information content (AvgIpc) is 2.57. The molecule has 1 fully saturated rings. The molecule has 6 nitrogen and oxygen atoms in total. The Morgan fingerprint density at radius 2 is 2.13 bits per heavy atom. The molecule has 0 aliphatic carbocycles. The lowest BCUT2D eigenvalue weighted by Crippen LogP contribution is -2.53. The fourth-order valence-corrected chi connectivity index (χ4v) is 3.76. The first-order valence-electron chi connectivity index (χ1n) is 7.77. The van der Waals surface area contributed by atoms with Crippen LogP contribution in [0.25, 0.3) is 0 Å². The van der Waals surface area contributed by atoms with E-state index in [4.69, 9.17) is 4.74 Å². The molecule has 1 aromatic rings. The molecule has 0 aromatic heterocycles. The van der Waals surface area contributed by atoms with Crippen LogP contribution in [0.5, 0.6) is 0 Å². The Morgan fingerprint density at radius 3 is 2.91 bits per heavy atom. The summed E-state index contributed by atoms with van der Waals surface area (Å²) in [5.41, 5.74) is 0.765. The third kappa shape index (κ3) is 3.52. The van der Waals surface area contributed by atoms with Crippen LogP contribution in [0.15, 0.2) is 29.2 Å². The number of nitrogens with zero attached hydrogens (tertiary/aromatic N) is 1. The molecule has 2 amide bonds. The zero-order valence-corrected chi connectivity index (χ0v) is 13.9. The van der Waals surface area contributed by atoms with E-state index < -0.39 is 4.75 Å². The van der Waals surface area contributed by atoms with E-state index in [1.807, 2.05) is 24.3 Å².